The summed E-state index contributed by atoms with van der Waals surface area (Å²) in [6, 6.07) is 2.15. The van der Waals surface area contributed by atoms with Crippen molar-refractivity contribution in [1.29, 1.82) is 5.26 Å². The number of nitrogen functional groups attached to an aromatic ring is 1. The Morgan fingerprint density at radius 3 is 3.14 bits per heavy atom. The second-order valence-electron chi connectivity index (χ2n) is 3.98. The fraction of sp³-hybridized carbons (Fsp3) is 0.455. The van der Waals surface area contributed by atoms with Gasteiger partial charge in [-0.25, -0.2) is 4.98 Å². The minimum atomic E-state index is 0.376. The molecule has 1 heterocycles. The molecule has 72 valence electrons. The molecular weight excluding hydrogens is 174 g/mol. The summed E-state index contributed by atoms with van der Waals surface area (Å²) in [4.78, 5) is 4.05. The Labute approximate surface area is 83.6 Å². The summed E-state index contributed by atoms with van der Waals surface area (Å²) >= 11 is 0. The quantitative estimate of drug-likeness (QED) is 0.671. The lowest BCUT2D eigenvalue weighted by Crippen LogP contribution is -2.14. The average molecular weight is 187 g/mol. The summed E-state index contributed by atoms with van der Waals surface area (Å²) < 4.78 is 0. The van der Waals surface area contributed by atoms with Crippen LogP contribution in [0.3, 0.4) is 0 Å². The maximum absolute atomic E-state index is 8.97. The van der Waals surface area contributed by atoms with Gasteiger partial charge in [0.15, 0.2) is 0 Å². The standard InChI is InChI=1S/C11H13N3/c1-7-2-3-9-8(4-7)6-14-11(13)10(9)5-12/h6-7H,2-4H2,1H3,(H2,13,14). The lowest BCUT2D eigenvalue weighted by Gasteiger charge is -2.22. The van der Waals surface area contributed by atoms with Gasteiger partial charge in [0.1, 0.15) is 11.9 Å². The molecule has 1 aliphatic rings. The highest BCUT2D eigenvalue weighted by atomic mass is 14.8. The van der Waals surface area contributed by atoms with Gasteiger partial charge in [-0.3, -0.25) is 0 Å². The van der Waals surface area contributed by atoms with Gasteiger partial charge in [-0.1, -0.05) is 6.92 Å². The molecule has 0 saturated carbocycles. The topological polar surface area (TPSA) is 62.7 Å². The first-order valence-corrected chi connectivity index (χ1v) is 4.88. The predicted octanol–water partition coefficient (Wildman–Crippen LogP) is 1.66. The highest BCUT2D eigenvalue weighted by Gasteiger charge is 2.19. The number of rotatable bonds is 0. The first kappa shape index (κ1) is 9.01. The average Bonchev–Trinajstić information content (AvgIpc) is 2.18. The third kappa shape index (κ3) is 1.33. The maximum atomic E-state index is 8.97. The van der Waals surface area contributed by atoms with Gasteiger partial charge < -0.3 is 5.73 Å². The van der Waals surface area contributed by atoms with E-state index in [2.05, 4.69) is 18.0 Å². The summed E-state index contributed by atoms with van der Waals surface area (Å²) in [5.41, 5.74) is 8.57. The van der Waals surface area contributed by atoms with Crippen molar-refractivity contribution in [3.05, 3.63) is 22.9 Å². The second-order valence-corrected chi connectivity index (χ2v) is 3.98. The van der Waals surface area contributed by atoms with Gasteiger partial charge in [0.25, 0.3) is 0 Å². The zero-order valence-corrected chi connectivity index (χ0v) is 8.25. The lowest BCUT2D eigenvalue weighted by molar-refractivity contribution is 0.499. The van der Waals surface area contributed by atoms with Gasteiger partial charge in [0.2, 0.25) is 0 Å². The molecule has 14 heavy (non-hydrogen) atoms. The Morgan fingerprint density at radius 1 is 1.64 bits per heavy atom. The molecule has 0 saturated heterocycles. The molecule has 0 radical (unpaired) electrons. The van der Waals surface area contributed by atoms with Crippen LogP contribution in [0.5, 0.6) is 0 Å². The molecule has 0 fully saturated rings. The number of nitrogens with zero attached hydrogens (tertiary/aromatic N) is 2. The summed E-state index contributed by atoms with van der Waals surface area (Å²) in [6.07, 6.45) is 4.95. The van der Waals surface area contributed by atoms with E-state index < -0.39 is 0 Å². The summed E-state index contributed by atoms with van der Waals surface area (Å²) in [5.74, 6) is 1.07. The molecule has 1 atom stereocenters. The van der Waals surface area contributed by atoms with Crippen LogP contribution in [0, 0.1) is 17.2 Å². The second kappa shape index (κ2) is 3.30. The normalized spacial score (nSPS) is 19.9. The maximum Gasteiger partial charge on any atom is 0.141 e. The van der Waals surface area contributed by atoms with Crippen LogP contribution in [0.25, 0.3) is 0 Å². The van der Waals surface area contributed by atoms with Crippen molar-refractivity contribution in [2.75, 3.05) is 5.73 Å². The van der Waals surface area contributed by atoms with Crippen molar-refractivity contribution >= 4 is 5.82 Å². The van der Waals surface area contributed by atoms with Gasteiger partial charge in [0, 0.05) is 6.20 Å². The van der Waals surface area contributed by atoms with E-state index in [0.717, 1.165) is 24.8 Å². The van der Waals surface area contributed by atoms with E-state index in [4.69, 9.17) is 11.0 Å². The molecule has 2 N–H and O–H groups in total. The van der Waals surface area contributed by atoms with E-state index in [1.165, 1.54) is 5.56 Å². The number of nitrogens with two attached hydrogens (primary N) is 1. The summed E-state index contributed by atoms with van der Waals surface area (Å²) in [5, 5.41) is 8.97. The predicted molar refractivity (Wildman–Crippen MR) is 54.6 cm³/mol. The summed E-state index contributed by atoms with van der Waals surface area (Å²) in [7, 11) is 0. The lowest BCUT2D eigenvalue weighted by atomic mass is 9.84. The van der Waals surface area contributed by atoms with E-state index in [1.54, 1.807) is 0 Å². The van der Waals surface area contributed by atoms with Crippen LogP contribution in [-0.2, 0) is 12.8 Å². The number of nitriles is 1. The highest BCUT2D eigenvalue weighted by molar-refractivity contribution is 5.55. The molecule has 0 amide bonds. The molecule has 0 aromatic carbocycles. The fourth-order valence-corrected chi connectivity index (χ4v) is 2.06. The molecule has 0 bridgehead atoms. The van der Waals surface area contributed by atoms with Crippen LogP contribution in [0.15, 0.2) is 6.20 Å². The first-order valence-electron chi connectivity index (χ1n) is 4.88. The molecule has 3 heteroatoms. The molecular formula is C11H13N3. The Hall–Kier alpha value is -1.56. The van der Waals surface area contributed by atoms with E-state index in [9.17, 15) is 0 Å². The van der Waals surface area contributed by atoms with Crippen molar-refractivity contribution < 1.29 is 0 Å². The van der Waals surface area contributed by atoms with Gasteiger partial charge in [-0.15, -0.1) is 0 Å². The Balaban J connectivity index is 2.54. The van der Waals surface area contributed by atoms with Crippen molar-refractivity contribution in [3.63, 3.8) is 0 Å². The number of fused-ring (bicyclic) bond motifs is 1. The van der Waals surface area contributed by atoms with Crippen molar-refractivity contribution in [2.24, 2.45) is 5.92 Å². The molecule has 0 spiro atoms. The molecule has 1 unspecified atom stereocenters. The Kier molecular flexibility index (Phi) is 2.12. The van der Waals surface area contributed by atoms with Crippen molar-refractivity contribution in [1.82, 2.24) is 4.98 Å². The largest absolute Gasteiger partial charge is 0.383 e. The molecule has 3 nitrogen and oxygen atoms in total. The number of hydrogen-bond donors (Lipinski definition) is 1. The zero-order valence-electron chi connectivity index (χ0n) is 8.25. The van der Waals surface area contributed by atoms with Crippen LogP contribution in [0.4, 0.5) is 5.82 Å². The molecule has 0 aliphatic heterocycles. The minimum absolute atomic E-state index is 0.376. The summed E-state index contributed by atoms with van der Waals surface area (Å²) in [6.45, 7) is 2.23. The van der Waals surface area contributed by atoms with Gasteiger partial charge >= 0.3 is 0 Å². The molecule has 1 aromatic heterocycles. The van der Waals surface area contributed by atoms with Crippen LogP contribution < -0.4 is 5.73 Å². The third-order valence-corrected chi connectivity index (χ3v) is 2.87. The van der Waals surface area contributed by atoms with Crippen LogP contribution in [0.1, 0.15) is 30.0 Å². The monoisotopic (exact) mass is 187 g/mol. The van der Waals surface area contributed by atoms with Crippen LogP contribution >= 0.6 is 0 Å². The number of pyridine rings is 1. The minimum Gasteiger partial charge on any atom is -0.383 e. The number of anilines is 1. The van der Waals surface area contributed by atoms with E-state index in [1.807, 2.05) is 6.20 Å². The Morgan fingerprint density at radius 2 is 2.43 bits per heavy atom. The Bertz CT molecular complexity index is 404. The van der Waals surface area contributed by atoms with E-state index in [-0.39, 0.29) is 0 Å². The first-order chi connectivity index (χ1) is 6.72. The fourth-order valence-electron chi connectivity index (χ4n) is 2.06. The number of hydrogen-bond acceptors (Lipinski definition) is 3. The van der Waals surface area contributed by atoms with Crippen molar-refractivity contribution in [2.45, 2.75) is 26.2 Å². The highest BCUT2D eigenvalue weighted by Crippen LogP contribution is 2.28. The van der Waals surface area contributed by atoms with Crippen molar-refractivity contribution in [3.8, 4) is 6.07 Å². The SMILES string of the molecule is CC1CCc2c(cnc(N)c2C#N)C1. The molecule has 1 aromatic rings. The molecule has 1 aliphatic carbocycles. The van der Waals surface area contributed by atoms with E-state index >= 15 is 0 Å². The van der Waals surface area contributed by atoms with E-state index in [0.29, 0.717) is 17.3 Å². The van der Waals surface area contributed by atoms with Crippen LogP contribution in [-0.4, -0.2) is 4.98 Å². The van der Waals surface area contributed by atoms with Crippen LogP contribution in [0.2, 0.25) is 0 Å². The number of aromatic nitrogens is 1. The van der Waals surface area contributed by atoms with Gasteiger partial charge in [0.05, 0.1) is 5.56 Å². The smallest absolute Gasteiger partial charge is 0.141 e. The molecule has 2 rings (SSSR count). The van der Waals surface area contributed by atoms with Gasteiger partial charge in [-0.05, 0) is 36.3 Å². The zero-order chi connectivity index (χ0) is 10.1. The van der Waals surface area contributed by atoms with Gasteiger partial charge in [-0.2, -0.15) is 5.26 Å². The third-order valence-electron chi connectivity index (χ3n) is 2.87.